The standard InChI is InChI=1S/C18H16N2/c1-2-6-16-13-20(12-10-14(16)5-1)17-9-3-7-15-8-4-11-19-18(15)17/h1-9,11H,10,12-13H2. The molecule has 20 heavy (non-hydrogen) atoms. The molecule has 0 unspecified atom stereocenters. The SMILES string of the molecule is c1ccc2c(c1)CCN(c1cccc3cccnc13)C2. The number of fused-ring (bicyclic) bond motifs is 2. The summed E-state index contributed by atoms with van der Waals surface area (Å²) in [5.74, 6) is 0. The number of para-hydroxylation sites is 1. The van der Waals surface area contributed by atoms with E-state index >= 15 is 0 Å². The Labute approximate surface area is 118 Å². The fraction of sp³-hybridized carbons (Fsp3) is 0.167. The van der Waals surface area contributed by atoms with Gasteiger partial charge in [0, 0.05) is 24.7 Å². The average molecular weight is 260 g/mol. The topological polar surface area (TPSA) is 16.1 Å². The van der Waals surface area contributed by atoms with Crippen LogP contribution >= 0.6 is 0 Å². The average Bonchev–Trinajstić information content (AvgIpc) is 2.54. The van der Waals surface area contributed by atoms with E-state index in [0.717, 1.165) is 25.0 Å². The van der Waals surface area contributed by atoms with Crippen LogP contribution in [0.4, 0.5) is 5.69 Å². The van der Waals surface area contributed by atoms with Crippen molar-refractivity contribution in [3.8, 4) is 0 Å². The molecule has 0 saturated heterocycles. The Balaban J connectivity index is 1.78. The van der Waals surface area contributed by atoms with Gasteiger partial charge in [-0.2, -0.15) is 0 Å². The Kier molecular flexibility index (Phi) is 2.66. The van der Waals surface area contributed by atoms with Gasteiger partial charge in [0.15, 0.2) is 0 Å². The largest absolute Gasteiger partial charge is 0.365 e. The molecule has 0 aliphatic carbocycles. The highest BCUT2D eigenvalue weighted by molar-refractivity contribution is 5.90. The van der Waals surface area contributed by atoms with Crippen molar-refractivity contribution in [3.05, 3.63) is 71.9 Å². The van der Waals surface area contributed by atoms with E-state index in [1.54, 1.807) is 0 Å². The highest BCUT2D eigenvalue weighted by Crippen LogP contribution is 2.29. The van der Waals surface area contributed by atoms with Gasteiger partial charge in [-0.1, -0.05) is 42.5 Å². The summed E-state index contributed by atoms with van der Waals surface area (Å²) in [7, 11) is 0. The van der Waals surface area contributed by atoms with E-state index in [9.17, 15) is 0 Å². The molecule has 0 atom stereocenters. The van der Waals surface area contributed by atoms with E-state index < -0.39 is 0 Å². The van der Waals surface area contributed by atoms with E-state index in [-0.39, 0.29) is 0 Å². The minimum Gasteiger partial charge on any atom is -0.365 e. The molecule has 2 heterocycles. The summed E-state index contributed by atoms with van der Waals surface area (Å²) in [5.41, 5.74) is 5.27. The van der Waals surface area contributed by atoms with Crippen LogP contribution in [-0.4, -0.2) is 11.5 Å². The minimum absolute atomic E-state index is 0.978. The minimum atomic E-state index is 0.978. The van der Waals surface area contributed by atoms with Crippen LogP contribution in [0.2, 0.25) is 0 Å². The highest BCUT2D eigenvalue weighted by atomic mass is 15.1. The maximum atomic E-state index is 4.57. The Hall–Kier alpha value is -2.35. The zero-order chi connectivity index (χ0) is 13.4. The van der Waals surface area contributed by atoms with Gasteiger partial charge < -0.3 is 4.90 Å². The third-order valence-corrected chi connectivity index (χ3v) is 4.08. The molecule has 0 fully saturated rings. The van der Waals surface area contributed by atoms with Gasteiger partial charge >= 0.3 is 0 Å². The summed E-state index contributed by atoms with van der Waals surface area (Å²) < 4.78 is 0. The first-order valence-electron chi connectivity index (χ1n) is 7.07. The summed E-state index contributed by atoms with van der Waals surface area (Å²) in [6, 6.07) is 19.3. The summed E-state index contributed by atoms with van der Waals surface area (Å²) in [5, 5.41) is 1.21. The molecule has 98 valence electrons. The second-order valence-electron chi connectivity index (χ2n) is 5.29. The molecule has 1 aromatic heterocycles. The van der Waals surface area contributed by atoms with Crippen LogP contribution in [0, 0.1) is 0 Å². The number of aromatic nitrogens is 1. The van der Waals surface area contributed by atoms with Crippen LogP contribution in [0.3, 0.4) is 0 Å². The van der Waals surface area contributed by atoms with Gasteiger partial charge in [-0.15, -0.1) is 0 Å². The normalized spacial score (nSPS) is 14.3. The molecule has 0 radical (unpaired) electrons. The van der Waals surface area contributed by atoms with Crippen LogP contribution in [0.1, 0.15) is 11.1 Å². The third-order valence-electron chi connectivity index (χ3n) is 4.08. The number of hydrogen-bond acceptors (Lipinski definition) is 2. The van der Waals surface area contributed by atoms with E-state index in [1.165, 1.54) is 22.2 Å². The quantitative estimate of drug-likeness (QED) is 0.661. The van der Waals surface area contributed by atoms with Gasteiger partial charge in [-0.3, -0.25) is 4.98 Å². The Bertz CT molecular complexity index is 759. The second kappa shape index (κ2) is 4.64. The van der Waals surface area contributed by atoms with Gasteiger partial charge in [-0.05, 0) is 29.7 Å². The highest BCUT2D eigenvalue weighted by Gasteiger charge is 2.17. The predicted molar refractivity (Wildman–Crippen MR) is 82.9 cm³/mol. The lowest BCUT2D eigenvalue weighted by Crippen LogP contribution is -2.30. The van der Waals surface area contributed by atoms with Crippen molar-refractivity contribution in [1.82, 2.24) is 4.98 Å². The number of anilines is 1. The van der Waals surface area contributed by atoms with Crippen molar-refractivity contribution < 1.29 is 0 Å². The molecule has 0 amide bonds. The van der Waals surface area contributed by atoms with Crippen molar-refractivity contribution in [3.63, 3.8) is 0 Å². The van der Waals surface area contributed by atoms with E-state index in [4.69, 9.17) is 0 Å². The molecule has 3 aromatic rings. The molecule has 0 spiro atoms. The predicted octanol–water partition coefficient (Wildman–Crippen LogP) is 3.80. The lowest BCUT2D eigenvalue weighted by atomic mass is 9.99. The molecule has 4 rings (SSSR count). The summed E-state index contributed by atoms with van der Waals surface area (Å²) in [4.78, 5) is 7.01. The lowest BCUT2D eigenvalue weighted by molar-refractivity contribution is 0.733. The molecule has 1 aliphatic rings. The fourth-order valence-electron chi connectivity index (χ4n) is 3.04. The van der Waals surface area contributed by atoms with E-state index in [1.807, 2.05) is 12.3 Å². The number of pyridine rings is 1. The summed E-state index contributed by atoms with van der Waals surface area (Å²) in [6.07, 6.45) is 2.99. The lowest BCUT2D eigenvalue weighted by Gasteiger charge is -2.31. The molecule has 0 saturated carbocycles. The molecule has 2 nitrogen and oxygen atoms in total. The molecule has 1 aliphatic heterocycles. The van der Waals surface area contributed by atoms with Crippen molar-refractivity contribution in [2.24, 2.45) is 0 Å². The molecule has 2 heteroatoms. The van der Waals surface area contributed by atoms with Crippen LogP contribution in [0.15, 0.2) is 60.8 Å². The third kappa shape index (κ3) is 1.85. The zero-order valence-corrected chi connectivity index (χ0v) is 11.3. The number of hydrogen-bond donors (Lipinski definition) is 0. The monoisotopic (exact) mass is 260 g/mol. The van der Waals surface area contributed by atoms with Crippen LogP contribution < -0.4 is 4.90 Å². The van der Waals surface area contributed by atoms with E-state index in [0.29, 0.717) is 0 Å². The van der Waals surface area contributed by atoms with Crippen molar-refractivity contribution in [2.75, 3.05) is 11.4 Å². The Morgan fingerprint density at radius 1 is 0.850 bits per heavy atom. The second-order valence-corrected chi connectivity index (χ2v) is 5.29. The van der Waals surface area contributed by atoms with Gasteiger partial charge in [0.25, 0.3) is 0 Å². The Morgan fingerprint density at radius 2 is 1.70 bits per heavy atom. The molecule has 0 bridgehead atoms. The van der Waals surface area contributed by atoms with Gasteiger partial charge in [0.05, 0.1) is 11.2 Å². The van der Waals surface area contributed by atoms with Crippen molar-refractivity contribution >= 4 is 16.6 Å². The van der Waals surface area contributed by atoms with E-state index in [2.05, 4.69) is 58.4 Å². The summed E-state index contributed by atoms with van der Waals surface area (Å²) in [6.45, 7) is 2.04. The molecule has 0 N–H and O–H groups in total. The first kappa shape index (κ1) is 11.5. The van der Waals surface area contributed by atoms with Gasteiger partial charge in [0.2, 0.25) is 0 Å². The number of benzene rings is 2. The molecular formula is C18H16N2. The van der Waals surface area contributed by atoms with Crippen molar-refractivity contribution in [2.45, 2.75) is 13.0 Å². The molecular weight excluding hydrogens is 244 g/mol. The fourth-order valence-corrected chi connectivity index (χ4v) is 3.04. The van der Waals surface area contributed by atoms with Crippen LogP contribution in [0.25, 0.3) is 10.9 Å². The van der Waals surface area contributed by atoms with Crippen LogP contribution in [-0.2, 0) is 13.0 Å². The maximum absolute atomic E-state index is 4.57. The number of nitrogens with zero attached hydrogens (tertiary/aromatic N) is 2. The van der Waals surface area contributed by atoms with Crippen molar-refractivity contribution in [1.29, 1.82) is 0 Å². The maximum Gasteiger partial charge on any atom is 0.0935 e. The smallest absolute Gasteiger partial charge is 0.0935 e. The number of rotatable bonds is 1. The first-order valence-corrected chi connectivity index (χ1v) is 7.07. The van der Waals surface area contributed by atoms with Gasteiger partial charge in [0.1, 0.15) is 0 Å². The first-order chi connectivity index (χ1) is 9.92. The summed E-state index contributed by atoms with van der Waals surface area (Å²) >= 11 is 0. The zero-order valence-electron chi connectivity index (χ0n) is 11.3. The van der Waals surface area contributed by atoms with Crippen LogP contribution in [0.5, 0.6) is 0 Å². The van der Waals surface area contributed by atoms with Gasteiger partial charge in [-0.25, -0.2) is 0 Å². The molecule has 2 aromatic carbocycles. The Morgan fingerprint density at radius 3 is 2.65 bits per heavy atom.